The summed E-state index contributed by atoms with van der Waals surface area (Å²) >= 11 is 1.80. The zero-order valence-corrected chi connectivity index (χ0v) is 11.8. The standard InChI is InChI=1S/C14H18N2OS/c1-4-18-12-7-5-11(6-8-12)14(2,3)10-16-13(17)9-15/h5-8H,4,10H2,1-3H3,(H,16,17). The van der Waals surface area contributed by atoms with Gasteiger partial charge in [0, 0.05) is 16.9 Å². The number of amides is 1. The van der Waals surface area contributed by atoms with E-state index in [0.717, 1.165) is 11.3 Å². The first-order valence-electron chi connectivity index (χ1n) is 5.91. The Kier molecular flexibility index (Phi) is 5.24. The van der Waals surface area contributed by atoms with Crippen LogP contribution in [0, 0.1) is 11.3 Å². The van der Waals surface area contributed by atoms with E-state index in [9.17, 15) is 4.79 Å². The number of hydrogen-bond acceptors (Lipinski definition) is 3. The molecule has 0 saturated carbocycles. The Bertz CT molecular complexity index is 446. The third kappa shape index (κ3) is 4.08. The molecule has 0 radical (unpaired) electrons. The molecule has 0 aromatic heterocycles. The minimum Gasteiger partial charge on any atom is -0.343 e. The molecule has 0 aliphatic rings. The predicted octanol–water partition coefficient (Wildman–Crippen LogP) is 2.72. The molecule has 1 aromatic carbocycles. The lowest BCUT2D eigenvalue weighted by Crippen LogP contribution is -2.35. The fourth-order valence-corrected chi connectivity index (χ4v) is 2.27. The molecule has 1 N–H and O–H groups in total. The van der Waals surface area contributed by atoms with Crippen LogP contribution in [0.15, 0.2) is 29.2 Å². The number of rotatable bonds is 5. The molecule has 0 aliphatic carbocycles. The van der Waals surface area contributed by atoms with Gasteiger partial charge in [0.2, 0.25) is 0 Å². The van der Waals surface area contributed by atoms with Crippen molar-refractivity contribution in [2.75, 3.05) is 12.3 Å². The van der Waals surface area contributed by atoms with Crippen LogP contribution in [0.25, 0.3) is 0 Å². The molecule has 0 aliphatic heterocycles. The second-order valence-corrected chi connectivity index (χ2v) is 5.97. The Balaban J connectivity index is 2.72. The van der Waals surface area contributed by atoms with Gasteiger partial charge in [0.25, 0.3) is 0 Å². The number of thioether (sulfide) groups is 1. The monoisotopic (exact) mass is 262 g/mol. The van der Waals surface area contributed by atoms with Crippen LogP contribution in [-0.4, -0.2) is 18.2 Å². The lowest BCUT2D eigenvalue weighted by Gasteiger charge is -2.25. The molecule has 0 spiro atoms. The molecule has 1 aromatic rings. The summed E-state index contributed by atoms with van der Waals surface area (Å²) in [6.07, 6.45) is 0. The van der Waals surface area contributed by atoms with E-state index >= 15 is 0 Å². The average molecular weight is 262 g/mol. The van der Waals surface area contributed by atoms with Crippen molar-refractivity contribution in [3.05, 3.63) is 29.8 Å². The zero-order valence-electron chi connectivity index (χ0n) is 11.0. The molecule has 4 heteroatoms. The van der Waals surface area contributed by atoms with Gasteiger partial charge in [-0.3, -0.25) is 4.79 Å². The third-order valence-electron chi connectivity index (χ3n) is 2.74. The average Bonchev–Trinajstić information content (AvgIpc) is 2.37. The Morgan fingerprint density at radius 3 is 2.50 bits per heavy atom. The van der Waals surface area contributed by atoms with Gasteiger partial charge in [0.15, 0.2) is 6.07 Å². The van der Waals surface area contributed by atoms with Crippen molar-refractivity contribution < 1.29 is 4.79 Å². The van der Waals surface area contributed by atoms with Crippen molar-refractivity contribution in [1.82, 2.24) is 5.32 Å². The summed E-state index contributed by atoms with van der Waals surface area (Å²) in [6.45, 7) is 6.68. The van der Waals surface area contributed by atoms with Crippen molar-refractivity contribution in [2.24, 2.45) is 0 Å². The van der Waals surface area contributed by atoms with Gasteiger partial charge < -0.3 is 5.32 Å². The number of nitrogens with one attached hydrogen (secondary N) is 1. The lowest BCUT2D eigenvalue weighted by atomic mass is 9.84. The van der Waals surface area contributed by atoms with Crippen LogP contribution in [0.5, 0.6) is 0 Å². The SMILES string of the molecule is CCSc1ccc(C(C)(C)CNC(=O)C#N)cc1. The molecule has 0 fully saturated rings. The van der Waals surface area contributed by atoms with Crippen molar-refractivity contribution in [1.29, 1.82) is 5.26 Å². The van der Waals surface area contributed by atoms with E-state index in [1.54, 1.807) is 17.8 Å². The van der Waals surface area contributed by atoms with Gasteiger partial charge in [-0.2, -0.15) is 5.26 Å². The molecule has 96 valence electrons. The quantitative estimate of drug-likeness (QED) is 0.655. The normalized spacial score (nSPS) is 10.8. The van der Waals surface area contributed by atoms with Crippen LogP contribution in [0.2, 0.25) is 0 Å². The first-order valence-corrected chi connectivity index (χ1v) is 6.89. The number of nitriles is 1. The smallest absolute Gasteiger partial charge is 0.322 e. The molecule has 0 saturated heterocycles. The first kappa shape index (κ1) is 14.6. The topological polar surface area (TPSA) is 52.9 Å². The molecule has 0 bridgehead atoms. The second kappa shape index (κ2) is 6.46. The molecular formula is C14H18N2OS. The fourth-order valence-electron chi connectivity index (χ4n) is 1.61. The summed E-state index contributed by atoms with van der Waals surface area (Å²) in [5, 5.41) is 11.0. The molecule has 0 unspecified atom stereocenters. The lowest BCUT2D eigenvalue weighted by molar-refractivity contribution is -0.116. The minimum absolute atomic E-state index is 0.179. The van der Waals surface area contributed by atoms with E-state index < -0.39 is 5.91 Å². The molecule has 1 amide bonds. The Morgan fingerprint density at radius 2 is 2.00 bits per heavy atom. The van der Waals surface area contributed by atoms with Crippen molar-refractivity contribution in [2.45, 2.75) is 31.1 Å². The van der Waals surface area contributed by atoms with E-state index in [1.165, 1.54) is 4.90 Å². The number of carbonyl (C=O) groups excluding carboxylic acids is 1. The van der Waals surface area contributed by atoms with E-state index in [2.05, 4.69) is 36.5 Å². The van der Waals surface area contributed by atoms with Gasteiger partial charge in [0.1, 0.15) is 0 Å². The Labute approximate surface area is 113 Å². The highest BCUT2D eigenvalue weighted by Gasteiger charge is 2.21. The van der Waals surface area contributed by atoms with Crippen molar-refractivity contribution >= 4 is 17.7 Å². The van der Waals surface area contributed by atoms with Gasteiger partial charge in [0.05, 0.1) is 0 Å². The molecule has 3 nitrogen and oxygen atoms in total. The second-order valence-electron chi connectivity index (χ2n) is 4.64. The fraction of sp³-hybridized carbons (Fsp3) is 0.429. The highest BCUT2D eigenvalue weighted by molar-refractivity contribution is 7.99. The number of carbonyl (C=O) groups is 1. The Hall–Kier alpha value is -1.47. The summed E-state index contributed by atoms with van der Waals surface area (Å²) in [6, 6.07) is 9.91. The molecule has 0 heterocycles. The highest BCUT2D eigenvalue weighted by Crippen LogP contribution is 2.25. The van der Waals surface area contributed by atoms with E-state index in [1.807, 2.05) is 13.8 Å². The number of nitrogens with zero attached hydrogens (tertiary/aromatic N) is 1. The molecule has 0 atom stereocenters. The first-order chi connectivity index (χ1) is 8.49. The van der Waals surface area contributed by atoms with Crippen LogP contribution in [0.3, 0.4) is 0 Å². The van der Waals surface area contributed by atoms with Crippen molar-refractivity contribution in [3.8, 4) is 6.07 Å². The summed E-state index contributed by atoms with van der Waals surface area (Å²) in [7, 11) is 0. The predicted molar refractivity (Wildman–Crippen MR) is 74.5 cm³/mol. The van der Waals surface area contributed by atoms with Crippen molar-refractivity contribution in [3.63, 3.8) is 0 Å². The van der Waals surface area contributed by atoms with Gasteiger partial charge in [-0.1, -0.05) is 32.9 Å². The Morgan fingerprint density at radius 1 is 1.39 bits per heavy atom. The third-order valence-corrected chi connectivity index (χ3v) is 3.63. The van der Waals surface area contributed by atoms with Gasteiger partial charge >= 0.3 is 5.91 Å². The summed E-state index contributed by atoms with van der Waals surface area (Å²) in [5.74, 6) is 0.474. The maximum atomic E-state index is 11.0. The molecular weight excluding hydrogens is 244 g/mol. The van der Waals surface area contributed by atoms with Gasteiger partial charge in [-0.15, -0.1) is 11.8 Å². The van der Waals surface area contributed by atoms with Crippen LogP contribution in [0.4, 0.5) is 0 Å². The molecule has 1 rings (SSSR count). The molecule has 18 heavy (non-hydrogen) atoms. The van der Waals surface area contributed by atoms with Crippen LogP contribution in [0.1, 0.15) is 26.3 Å². The van der Waals surface area contributed by atoms with Gasteiger partial charge in [-0.05, 0) is 23.4 Å². The van der Waals surface area contributed by atoms with Crippen LogP contribution in [-0.2, 0) is 10.2 Å². The van der Waals surface area contributed by atoms with Crippen LogP contribution < -0.4 is 5.32 Å². The summed E-state index contributed by atoms with van der Waals surface area (Å²) in [5.41, 5.74) is 0.975. The van der Waals surface area contributed by atoms with E-state index in [-0.39, 0.29) is 5.41 Å². The number of benzene rings is 1. The van der Waals surface area contributed by atoms with Crippen LogP contribution >= 0.6 is 11.8 Å². The summed E-state index contributed by atoms with van der Waals surface area (Å²) in [4.78, 5) is 12.2. The van der Waals surface area contributed by atoms with Gasteiger partial charge in [-0.25, -0.2) is 0 Å². The zero-order chi connectivity index (χ0) is 13.6. The van der Waals surface area contributed by atoms with E-state index in [0.29, 0.717) is 6.54 Å². The maximum absolute atomic E-state index is 11.0. The highest BCUT2D eigenvalue weighted by atomic mass is 32.2. The largest absolute Gasteiger partial charge is 0.343 e. The maximum Gasteiger partial charge on any atom is 0.322 e. The number of hydrogen-bond donors (Lipinski definition) is 1. The summed E-state index contributed by atoms with van der Waals surface area (Å²) < 4.78 is 0. The minimum atomic E-state index is -0.582. The van der Waals surface area contributed by atoms with E-state index in [4.69, 9.17) is 5.26 Å².